The summed E-state index contributed by atoms with van der Waals surface area (Å²) in [5.41, 5.74) is -6.47. The molecule has 10 N–H and O–H groups in total. The van der Waals surface area contributed by atoms with Gasteiger partial charge in [0.1, 0.15) is 69.9 Å². The molecular formula is C59H107N7O20Si. The lowest BCUT2D eigenvalue weighted by Crippen LogP contribution is -2.71. The average Bonchev–Trinajstić information content (AvgIpc) is 1.28. The minimum Gasteiger partial charge on any atom is -0.466 e. The molecule has 27 nitrogen and oxygen atoms in total. The Morgan fingerprint density at radius 2 is 1.13 bits per heavy atom. The number of carbonyl (C=O) groups is 6. The largest absolute Gasteiger partial charge is 0.466 e. The number of amides is 6. The fourth-order valence-electron chi connectivity index (χ4n) is 10.1. The summed E-state index contributed by atoms with van der Waals surface area (Å²) in [6.07, 6.45) is -14.0. The summed E-state index contributed by atoms with van der Waals surface area (Å²) in [4.78, 5) is 81.5. The Kier molecular flexibility index (Phi) is 24.9. The molecule has 0 aromatic rings. The molecule has 15 atom stereocenters. The van der Waals surface area contributed by atoms with Gasteiger partial charge < -0.3 is 104 Å². The molecule has 28 heteroatoms. The summed E-state index contributed by atoms with van der Waals surface area (Å²) in [5, 5.41) is 64.7. The van der Waals surface area contributed by atoms with Crippen LogP contribution in [-0.4, -0.2) is 216 Å². The van der Waals surface area contributed by atoms with E-state index in [2.05, 4.69) is 65.8 Å². The fourth-order valence-corrected chi connectivity index (χ4v) is 11.4. The van der Waals surface area contributed by atoms with Gasteiger partial charge in [0.25, 0.3) is 5.91 Å². The summed E-state index contributed by atoms with van der Waals surface area (Å²) in [5.74, 6) is -0.668. The van der Waals surface area contributed by atoms with Crippen molar-refractivity contribution in [2.24, 2.45) is 5.92 Å². The molecule has 87 heavy (non-hydrogen) atoms. The van der Waals surface area contributed by atoms with Crippen molar-refractivity contribution in [2.75, 3.05) is 33.3 Å². The Morgan fingerprint density at radius 1 is 0.655 bits per heavy atom. The first-order chi connectivity index (χ1) is 39.4. The average molecular weight is 1260 g/mol. The van der Waals surface area contributed by atoms with E-state index in [1.165, 1.54) is 14.0 Å². The van der Waals surface area contributed by atoms with E-state index < -0.39 is 159 Å². The number of ether oxygens (including phenoxy) is 9. The Balaban J connectivity index is 1.74. The molecule has 0 unspecified atom stereocenters. The predicted octanol–water partition coefficient (Wildman–Crippen LogP) is 5.30. The second kappa shape index (κ2) is 29.0. The first-order valence-corrected chi connectivity index (χ1v) is 33.0. The molecule has 2 heterocycles. The molecule has 3 fully saturated rings. The Labute approximate surface area is 515 Å². The van der Waals surface area contributed by atoms with Crippen LogP contribution in [0.4, 0.5) is 24.0 Å². The topological polar surface area (TPSA) is 351 Å². The maximum atomic E-state index is 14.0. The third-order valence-corrected chi connectivity index (χ3v) is 19.3. The predicted molar refractivity (Wildman–Crippen MR) is 321 cm³/mol. The number of nitrogens with zero attached hydrogens (tertiary/aromatic N) is 1. The molecule has 2 aliphatic carbocycles. The van der Waals surface area contributed by atoms with Gasteiger partial charge in [0.2, 0.25) is 6.29 Å². The number of alkyl carbamates (subject to hydrolysis) is 4. The smallest absolute Gasteiger partial charge is 0.410 e. The maximum Gasteiger partial charge on any atom is 0.410 e. The van der Waals surface area contributed by atoms with Gasteiger partial charge in [-0.05, 0) is 173 Å². The van der Waals surface area contributed by atoms with Crippen LogP contribution in [0.1, 0.15) is 157 Å². The highest BCUT2D eigenvalue weighted by Gasteiger charge is 2.55. The van der Waals surface area contributed by atoms with Crippen LogP contribution in [0.2, 0.25) is 18.1 Å². The van der Waals surface area contributed by atoms with Gasteiger partial charge in [0.15, 0.2) is 14.6 Å². The van der Waals surface area contributed by atoms with Gasteiger partial charge in [-0.1, -0.05) is 20.8 Å². The highest BCUT2D eigenvalue weighted by molar-refractivity contribution is 6.74. The minimum absolute atomic E-state index is 0.0353. The van der Waals surface area contributed by atoms with Crippen LogP contribution in [0.5, 0.6) is 0 Å². The molecule has 0 aromatic carbocycles. The van der Waals surface area contributed by atoms with Crippen LogP contribution in [0.3, 0.4) is 0 Å². The van der Waals surface area contributed by atoms with Crippen molar-refractivity contribution in [3.8, 4) is 0 Å². The van der Waals surface area contributed by atoms with Gasteiger partial charge in [0.05, 0.1) is 56.0 Å². The first kappa shape index (κ1) is 74.7. The SMILES string of the molecule is CN(C(=O)OC(C)(C)C)[C@@H]1[C@@H](O)[C@@H](O[C@@H]2[C@@H](O)[C@H](O[C@H]3OC(CNC[C@@H]4C[C@H](O[Si](C)(C)C(C)(C)C)[C@H](NC(=O)OC(C)(C)C)C4)=CC[C@H]3NC(=O)OC(C)(C)C)[C@@H](NC(=O)OC(C)(C)C)C[C@H]2NC(=O)[C@@H](O)CNC(=O)OC(C)(C)C)OC[C@]1(C)O. The zero-order valence-corrected chi connectivity index (χ0v) is 56.6. The zero-order chi connectivity index (χ0) is 66.4. The molecule has 2 aliphatic heterocycles. The molecule has 502 valence electrons. The Morgan fingerprint density at radius 3 is 1.63 bits per heavy atom. The van der Waals surface area contributed by atoms with Crippen molar-refractivity contribution >= 4 is 44.7 Å². The molecule has 0 radical (unpaired) electrons. The lowest BCUT2D eigenvalue weighted by Gasteiger charge is -2.50. The number of aliphatic hydroxyl groups excluding tert-OH is 3. The van der Waals surface area contributed by atoms with E-state index in [4.69, 9.17) is 47.1 Å². The van der Waals surface area contributed by atoms with Crippen molar-refractivity contribution in [2.45, 2.75) is 288 Å². The summed E-state index contributed by atoms with van der Waals surface area (Å²) in [6, 6.07) is -5.52. The van der Waals surface area contributed by atoms with Crippen molar-refractivity contribution in [1.82, 2.24) is 36.8 Å². The molecule has 4 aliphatic rings. The molecule has 0 bridgehead atoms. The molecule has 1 saturated heterocycles. The van der Waals surface area contributed by atoms with Crippen molar-refractivity contribution in [3.63, 3.8) is 0 Å². The molecule has 2 saturated carbocycles. The first-order valence-electron chi connectivity index (χ1n) is 30.1. The zero-order valence-electron chi connectivity index (χ0n) is 55.6. The van der Waals surface area contributed by atoms with E-state index in [-0.39, 0.29) is 42.5 Å². The monoisotopic (exact) mass is 1260 g/mol. The number of aliphatic hydroxyl groups is 4. The maximum absolute atomic E-state index is 14.0. The molecule has 6 amide bonds. The van der Waals surface area contributed by atoms with Gasteiger partial charge in [-0.25, -0.2) is 24.0 Å². The molecule has 0 aromatic heterocycles. The van der Waals surface area contributed by atoms with Crippen LogP contribution < -0.4 is 31.9 Å². The van der Waals surface area contributed by atoms with Crippen LogP contribution in [0.15, 0.2) is 11.8 Å². The molecule has 0 spiro atoms. The number of likely N-dealkylation sites (N-methyl/N-ethyl adjacent to an activating group) is 1. The minimum atomic E-state index is -2.29. The number of rotatable bonds is 18. The number of nitrogens with one attached hydrogen (secondary N) is 6. The molecule has 4 rings (SSSR count). The van der Waals surface area contributed by atoms with Gasteiger partial charge in [-0.3, -0.25) is 4.79 Å². The summed E-state index contributed by atoms with van der Waals surface area (Å²) < 4.78 is 60.4. The van der Waals surface area contributed by atoms with Crippen LogP contribution in [0.25, 0.3) is 0 Å². The Bertz CT molecular complexity index is 2370. The van der Waals surface area contributed by atoms with Gasteiger partial charge in [0, 0.05) is 7.05 Å². The number of hydrogen-bond donors (Lipinski definition) is 10. The van der Waals surface area contributed by atoms with Crippen molar-refractivity contribution in [1.29, 1.82) is 0 Å². The quantitative estimate of drug-likeness (QED) is 0.0615. The number of hydrogen-bond acceptors (Lipinski definition) is 21. The van der Waals surface area contributed by atoms with Crippen molar-refractivity contribution < 1.29 is 96.3 Å². The van der Waals surface area contributed by atoms with E-state index in [1.807, 2.05) is 0 Å². The van der Waals surface area contributed by atoms with Gasteiger partial charge >= 0.3 is 30.5 Å². The van der Waals surface area contributed by atoms with Gasteiger partial charge in [-0.15, -0.1) is 0 Å². The standard InChI is InChI=1S/C59H107N7O20Si/c1-53(2,3)81-48(71)61-30-38(67)45(70)62-36-27-37(65-51(74)84-56(10,11)12)43(40(68)42(36)80-47-41(69)44(59(19,76)31-77-47)66(20)52(75)85-57(13,14)15)79-46-34(63-49(72)82-54(4,5)6)24-23-33(78-46)29-60-28-32-25-35(64-50(73)83-55(7,8)9)39(26-32)86-87(21,22)58(16,17)18/h23,32,34-44,46-47,60,67-69,76H,24-31H2,1-22H3,(H,61,71)(H,62,70)(H,63,72)(H,64,73)(H,65,74)/t32-,34+,35+,36+,37-,38-,39-,40+,41+,42-,43+,44+,46+,47+,59-/m0/s1. The van der Waals surface area contributed by atoms with E-state index in [9.17, 15) is 49.2 Å². The van der Waals surface area contributed by atoms with Crippen molar-refractivity contribution in [3.05, 3.63) is 11.8 Å². The second-order valence-electron chi connectivity index (χ2n) is 30.0. The third kappa shape index (κ3) is 23.8. The van der Waals surface area contributed by atoms with Crippen LogP contribution in [-0.2, 0) is 51.9 Å². The van der Waals surface area contributed by atoms with E-state index in [0.717, 1.165) is 4.90 Å². The highest BCUT2D eigenvalue weighted by Crippen LogP contribution is 2.41. The second-order valence-corrected chi connectivity index (χ2v) is 34.8. The summed E-state index contributed by atoms with van der Waals surface area (Å²) >= 11 is 0. The van der Waals surface area contributed by atoms with E-state index in [1.54, 1.807) is 110 Å². The summed E-state index contributed by atoms with van der Waals surface area (Å²) in [7, 11) is -0.986. The fraction of sp³-hybridized carbons (Fsp3) is 0.864. The lowest BCUT2D eigenvalue weighted by molar-refractivity contribution is -0.311. The lowest BCUT2D eigenvalue weighted by atomic mass is 9.82. The number of carbonyl (C=O) groups excluding carboxylic acids is 6. The third-order valence-electron chi connectivity index (χ3n) is 14.8. The van der Waals surface area contributed by atoms with E-state index >= 15 is 0 Å². The highest BCUT2D eigenvalue weighted by atomic mass is 28.4. The van der Waals surface area contributed by atoms with E-state index in [0.29, 0.717) is 25.1 Å². The Hall–Kier alpha value is -4.78. The van der Waals surface area contributed by atoms with Crippen LogP contribution >= 0.6 is 0 Å². The molecular weight excluding hydrogens is 1150 g/mol. The van der Waals surface area contributed by atoms with Crippen LogP contribution in [0, 0.1) is 5.92 Å². The normalized spacial score (nSPS) is 29.6. The summed E-state index contributed by atoms with van der Waals surface area (Å²) in [6.45, 7) is 36.8. The van der Waals surface area contributed by atoms with Gasteiger partial charge in [-0.2, -0.15) is 0 Å².